The lowest BCUT2D eigenvalue weighted by Crippen LogP contribution is -2.33. The van der Waals surface area contributed by atoms with E-state index in [4.69, 9.17) is 0 Å². The molecule has 0 saturated carbocycles. The second-order valence-electron chi connectivity index (χ2n) is 6.09. The van der Waals surface area contributed by atoms with Crippen molar-refractivity contribution in [2.75, 3.05) is 0 Å². The first-order valence-electron chi connectivity index (χ1n) is 7.04. The fraction of sp³-hybridized carbons (Fsp3) is 0.267. The Morgan fingerprint density at radius 1 is 1.26 bits per heavy atom. The van der Waals surface area contributed by atoms with Gasteiger partial charge in [0.2, 0.25) is 0 Å². The number of benzene rings is 1. The Morgan fingerprint density at radius 3 is 2.70 bits per heavy atom. The van der Waals surface area contributed by atoms with Gasteiger partial charge in [0.05, 0.1) is 6.21 Å². The smallest absolute Gasteiger partial charge is 0.298 e. The lowest BCUT2D eigenvalue weighted by Gasteiger charge is -2.16. The van der Waals surface area contributed by atoms with Crippen LogP contribution in [0.2, 0.25) is 0 Å². The molecule has 0 bridgehead atoms. The summed E-state index contributed by atoms with van der Waals surface area (Å²) in [6, 6.07) is 6.71. The van der Waals surface area contributed by atoms with E-state index in [2.05, 4.69) is 20.4 Å². The zero-order chi connectivity index (χ0) is 16.6. The predicted molar refractivity (Wildman–Crippen MR) is 84.8 cm³/mol. The molecule has 2 heterocycles. The van der Waals surface area contributed by atoms with Crippen LogP contribution in [0.1, 0.15) is 32.0 Å². The summed E-state index contributed by atoms with van der Waals surface area (Å²) in [4.78, 5) is 12.7. The Morgan fingerprint density at radius 2 is 2.00 bits per heavy atom. The number of hydrogen-bond donors (Lipinski definition) is 1. The summed E-state index contributed by atoms with van der Waals surface area (Å²) in [7, 11) is 0. The van der Waals surface area contributed by atoms with Crippen LogP contribution in [0, 0.1) is 0 Å². The number of fused-ring (bicyclic) bond motifs is 1. The van der Waals surface area contributed by atoms with Gasteiger partial charge in [0.1, 0.15) is 17.8 Å². The second kappa shape index (κ2) is 5.31. The Labute approximate surface area is 131 Å². The molecule has 0 atom stereocenters. The maximum Gasteiger partial charge on any atom is 0.298 e. The maximum atomic E-state index is 12.7. The van der Waals surface area contributed by atoms with E-state index in [-0.39, 0.29) is 17.1 Å². The van der Waals surface area contributed by atoms with Crippen LogP contribution in [0.25, 0.3) is 5.78 Å². The third kappa shape index (κ3) is 2.70. The van der Waals surface area contributed by atoms with E-state index in [1.807, 2.05) is 20.8 Å². The summed E-state index contributed by atoms with van der Waals surface area (Å²) in [5, 5.41) is 25.9. The van der Waals surface area contributed by atoms with E-state index in [9.17, 15) is 9.90 Å². The SMILES string of the molecule is CC(C)(C)c1nn2cnnc2n(/N=C\c2ccccc2O)c1=O. The van der Waals surface area contributed by atoms with Gasteiger partial charge < -0.3 is 5.11 Å². The van der Waals surface area contributed by atoms with Gasteiger partial charge in [-0.3, -0.25) is 4.79 Å². The Bertz CT molecular complexity index is 948. The van der Waals surface area contributed by atoms with Crippen LogP contribution in [0.4, 0.5) is 0 Å². The molecule has 8 heteroatoms. The van der Waals surface area contributed by atoms with E-state index in [0.29, 0.717) is 11.3 Å². The maximum absolute atomic E-state index is 12.7. The zero-order valence-electron chi connectivity index (χ0n) is 13.0. The van der Waals surface area contributed by atoms with E-state index < -0.39 is 5.41 Å². The second-order valence-corrected chi connectivity index (χ2v) is 6.09. The van der Waals surface area contributed by atoms with Crippen LogP contribution < -0.4 is 5.56 Å². The molecule has 0 aliphatic carbocycles. The summed E-state index contributed by atoms with van der Waals surface area (Å²) in [5.74, 6) is 0.279. The van der Waals surface area contributed by atoms with Crippen LogP contribution in [0.5, 0.6) is 5.75 Å². The molecule has 0 radical (unpaired) electrons. The molecule has 3 rings (SSSR count). The van der Waals surface area contributed by atoms with Crippen LogP contribution in [0.3, 0.4) is 0 Å². The standard InChI is InChI=1S/C15H16N6O2/c1-15(2,3)12-13(23)21(14-18-16-9-20(14)19-12)17-8-10-6-4-5-7-11(10)22/h4-9,22H,1-3H3/b17-8-. The lowest BCUT2D eigenvalue weighted by molar-refractivity contribution is 0.474. The van der Waals surface area contributed by atoms with E-state index in [0.717, 1.165) is 4.68 Å². The van der Waals surface area contributed by atoms with Gasteiger partial charge in [-0.2, -0.15) is 19.4 Å². The number of rotatable bonds is 2. The van der Waals surface area contributed by atoms with E-state index in [1.54, 1.807) is 24.3 Å². The van der Waals surface area contributed by atoms with Crippen molar-refractivity contribution in [2.24, 2.45) is 5.10 Å². The van der Waals surface area contributed by atoms with Crippen LogP contribution >= 0.6 is 0 Å². The van der Waals surface area contributed by atoms with Gasteiger partial charge in [-0.15, -0.1) is 10.2 Å². The topological polar surface area (TPSA) is 97.7 Å². The first-order valence-corrected chi connectivity index (χ1v) is 7.04. The van der Waals surface area contributed by atoms with Crippen molar-refractivity contribution < 1.29 is 5.11 Å². The largest absolute Gasteiger partial charge is 0.507 e. The van der Waals surface area contributed by atoms with E-state index >= 15 is 0 Å². The molecular weight excluding hydrogens is 296 g/mol. The number of para-hydroxylation sites is 1. The fourth-order valence-electron chi connectivity index (χ4n) is 2.07. The van der Waals surface area contributed by atoms with E-state index in [1.165, 1.54) is 17.1 Å². The minimum Gasteiger partial charge on any atom is -0.507 e. The average Bonchev–Trinajstić information content (AvgIpc) is 2.94. The fourth-order valence-corrected chi connectivity index (χ4v) is 2.07. The monoisotopic (exact) mass is 312 g/mol. The predicted octanol–water partition coefficient (Wildman–Crippen LogP) is 1.17. The molecule has 23 heavy (non-hydrogen) atoms. The molecule has 0 spiro atoms. The summed E-state index contributed by atoms with van der Waals surface area (Å²) in [6.45, 7) is 5.68. The Balaban J connectivity index is 2.21. The zero-order valence-corrected chi connectivity index (χ0v) is 13.0. The van der Waals surface area contributed by atoms with Crippen molar-refractivity contribution in [3.8, 4) is 5.75 Å². The number of aromatic hydroxyl groups is 1. The number of hydrogen-bond acceptors (Lipinski definition) is 6. The van der Waals surface area contributed by atoms with Crippen molar-refractivity contribution in [1.29, 1.82) is 0 Å². The molecule has 0 amide bonds. The van der Waals surface area contributed by atoms with Crippen molar-refractivity contribution in [2.45, 2.75) is 26.2 Å². The quantitative estimate of drug-likeness (QED) is 0.716. The van der Waals surface area contributed by atoms with Crippen LogP contribution in [-0.4, -0.2) is 35.8 Å². The first kappa shape index (κ1) is 14.9. The van der Waals surface area contributed by atoms with Gasteiger partial charge in [-0.05, 0) is 12.1 Å². The minimum absolute atomic E-state index is 0.0758. The molecule has 3 aromatic rings. The summed E-state index contributed by atoms with van der Waals surface area (Å²) in [6.07, 6.45) is 2.81. The number of nitrogens with zero attached hydrogens (tertiary/aromatic N) is 6. The Hall–Kier alpha value is -3.03. The minimum atomic E-state index is -0.457. The molecule has 0 saturated heterocycles. The molecule has 0 aliphatic heterocycles. The third-order valence-corrected chi connectivity index (χ3v) is 3.26. The molecule has 0 unspecified atom stereocenters. The normalized spacial score (nSPS) is 12.3. The molecule has 118 valence electrons. The average molecular weight is 312 g/mol. The highest BCUT2D eigenvalue weighted by Crippen LogP contribution is 2.16. The molecule has 0 fully saturated rings. The van der Waals surface area contributed by atoms with Crippen molar-refractivity contribution >= 4 is 12.0 Å². The van der Waals surface area contributed by atoms with Gasteiger partial charge in [-0.25, -0.2) is 0 Å². The highest BCUT2D eigenvalue weighted by Gasteiger charge is 2.23. The third-order valence-electron chi connectivity index (χ3n) is 3.26. The van der Waals surface area contributed by atoms with Gasteiger partial charge >= 0.3 is 0 Å². The van der Waals surface area contributed by atoms with Crippen LogP contribution in [0.15, 0.2) is 40.5 Å². The van der Waals surface area contributed by atoms with Gasteiger partial charge in [-0.1, -0.05) is 32.9 Å². The summed E-state index contributed by atoms with van der Waals surface area (Å²) < 4.78 is 2.54. The van der Waals surface area contributed by atoms with Gasteiger partial charge in [0.15, 0.2) is 0 Å². The molecule has 8 nitrogen and oxygen atoms in total. The van der Waals surface area contributed by atoms with Crippen molar-refractivity contribution in [1.82, 2.24) is 24.5 Å². The van der Waals surface area contributed by atoms with Crippen molar-refractivity contribution in [3.05, 3.63) is 52.2 Å². The molecule has 1 aromatic carbocycles. The van der Waals surface area contributed by atoms with Crippen molar-refractivity contribution in [3.63, 3.8) is 0 Å². The van der Waals surface area contributed by atoms with Gasteiger partial charge in [0, 0.05) is 11.0 Å². The van der Waals surface area contributed by atoms with Gasteiger partial charge in [0.25, 0.3) is 11.3 Å². The molecule has 0 aliphatic rings. The molecule has 1 N–H and O–H groups in total. The number of phenolic OH excluding ortho intramolecular Hbond substituents is 1. The summed E-state index contributed by atoms with van der Waals surface area (Å²) >= 11 is 0. The van der Waals surface area contributed by atoms with Crippen LogP contribution in [-0.2, 0) is 5.41 Å². The number of aromatic nitrogens is 5. The lowest BCUT2D eigenvalue weighted by atomic mass is 9.93. The highest BCUT2D eigenvalue weighted by molar-refractivity contribution is 5.83. The summed E-state index contributed by atoms with van der Waals surface area (Å²) in [5.41, 5.74) is 0.0110. The first-order chi connectivity index (χ1) is 10.9. The number of phenols is 1. The molecule has 2 aromatic heterocycles. The molecular formula is C15H16N6O2. The Kier molecular flexibility index (Phi) is 3.44. The highest BCUT2D eigenvalue weighted by atomic mass is 16.3.